The van der Waals surface area contributed by atoms with Gasteiger partial charge in [-0.3, -0.25) is 9.59 Å². The number of halogens is 1. The van der Waals surface area contributed by atoms with Crippen molar-refractivity contribution >= 4 is 23.4 Å². The minimum Gasteiger partial charge on any atom is -0.383 e. The Balaban J connectivity index is 2.17. The second kappa shape index (κ2) is 11.0. The number of carbonyl (C=O) groups is 2. The average Bonchev–Trinajstić information content (AvgIpc) is 3.08. The first-order valence-corrected chi connectivity index (χ1v) is 10.1. The number of aromatic nitrogens is 1. The molecule has 0 saturated heterocycles. The molecule has 0 radical (unpaired) electrons. The molecule has 0 aliphatic heterocycles. The van der Waals surface area contributed by atoms with Crippen molar-refractivity contribution in [3.8, 4) is 0 Å². The van der Waals surface area contributed by atoms with E-state index in [1.807, 2.05) is 43.8 Å². The summed E-state index contributed by atoms with van der Waals surface area (Å²) in [6, 6.07) is 10.7. The van der Waals surface area contributed by atoms with Crippen molar-refractivity contribution in [2.45, 2.75) is 20.4 Å². The SMILES string of the molecule is COCCN(Cc1cccn1C)C(=O)CN(CC(C)C)C(=O)c1ccc(Cl)cc1. The molecule has 7 heteroatoms. The largest absolute Gasteiger partial charge is 0.383 e. The lowest BCUT2D eigenvalue weighted by molar-refractivity contribution is -0.133. The van der Waals surface area contributed by atoms with Gasteiger partial charge in [-0.25, -0.2) is 0 Å². The number of rotatable bonds is 10. The van der Waals surface area contributed by atoms with Crippen LogP contribution in [0.5, 0.6) is 0 Å². The number of carbonyl (C=O) groups excluding carboxylic acids is 2. The van der Waals surface area contributed by atoms with E-state index in [0.717, 1.165) is 5.69 Å². The fourth-order valence-corrected chi connectivity index (χ4v) is 3.17. The van der Waals surface area contributed by atoms with E-state index in [4.69, 9.17) is 16.3 Å². The van der Waals surface area contributed by atoms with Crippen LogP contribution in [0.1, 0.15) is 29.9 Å². The minimum atomic E-state index is -0.172. The van der Waals surface area contributed by atoms with Crippen molar-refractivity contribution in [3.63, 3.8) is 0 Å². The van der Waals surface area contributed by atoms with Crippen LogP contribution in [0.25, 0.3) is 0 Å². The Morgan fingerprint density at radius 3 is 2.38 bits per heavy atom. The van der Waals surface area contributed by atoms with Crippen molar-refractivity contribution in [1.29, 1.82) is 0 Å². The van der Waals surface area contributed by atoms with Crippen LogP contribution in [-0.4, -0.2) is 59.5 Å². The van der Waals surface area contributed by atoms with E-state index < -0.39 is 0 Å². The summed E-state index contributed by atoms with van der Waals surface area (Å²) in [4.78, 5) is 29.5. The van der Waals surface area contributed by atoms with Crippen LogP contribution in [0, 0.1) is 5.92 Å². The van der Waals surface area contributed by atoms with Gasteiger partial charge in [0.2, 0.25) is 5.91 Å². The second-order valence-electron chi connectivity index (χ2n) is 7.50. The van der Waals surface area contributed by atoms with E-state index >= 15 is 0 Å². The average molecular weight is 420 g/mol. The zero-order valence-electron chi connectivity index (χ0n) is 17.6. The van der Waals surface area contributed by atoms with E-state index in [9.17, 15) is 9.59 Å². The van der Waals surface area contributed by atoms with E-state index in [1.165, 1.54) is 0 Å². The van der Waals surface area contributed by atoms with Crippen LogP contribution in [0.3, 0.4) is 0 Å². The van der Waals surface area contributed by atoms with Gasteiger partial charge in [0.05, 0.1) is 13.2 Å². The molecule has 0 unspecified atom stereocenters. The fraction of sp³-hybridized carbons (Fsp3) is 0.455. The van der Waals surface area contributed by atoms with Crippen LogP contribution in [-0.2, 0) is 23.1 Å². The first kappa shape index (κ1) is 23.0. The summed E-state index contributed by atoms with van der Waals surface area (Å²) in [7, 11) is 3.56. The van der Waals surface area contributed by atoms with Crippen molar-refractivity contribution in [2.24, 2.45) is 13.0 Å². The second-order valence-corrected chi connectivity index (χ2v) is 7.94. The molecule has 1 heterocycles. The third-order valence-corrected chi connectivity index (χ3v) is 4.86. The van der Waals surface area contributed by atoms with Crippen LogP contribution < -0.4 is 0 Å². The summed E-state index contributed by atoms with van der Waals surface area (Å²) in [6.07, 6.45) is 1.95. The van der Waals surface area contributed by atoms with Gasteiger partial charge in [-0.15, -0.1) is 0 Å². The molecule has 2 aromatic rings. The fourth-order valence-electron chi connectivity index (χ4n) is 3.05. The lowest BCUT2D eigenvalue weighted by atomic mass is 10.1. The van der Waals surface area contributed by atoms with Crippen LogP contribution in [0.15, 0.2) is 42.6 Å². The summed E-state index contributed by atoms with van der Waals surface area (Å²) in [5, 5.41) is 0.571. The first-order valence-electron chi connectivity index (χ1n) is 9.73. The molecular weight excluding hydrogens is 390 g/mol. The molecule has 2 rings (SSSR count). The van der Waals surface area contributed by atoms with Gasteiger partial charge in [-0.2, -0.15) is 0 Å². The molecule has 1 aromatic heterocycles. The zero-order valence-corrected chi connectivity index (χ0v) is 18.4. The van der Waals surface area contributed by atoms with Crippen LogP contribution in [0.4, 0.5) is 0 Å². The molecule has 0 atom stereocenters. The normalized spacial score (nSPS) is 11.0. The number of hydrogen-bond donors (Lipinski definition) is 0. The Labute approximate surface area is 178 Å². The summed E-state index contributed by atoms with van der Waals surface area (Å²) in [5.74, 6) is -0.0418. The van der Waals surface area contributed by atoms with Crippen LogP contribution >= 0.6 is 11.6 Å². The maximum Gasteiger partial charge on any atom is 0.254 e. The number of ether oxygens (including phenoxy) is 1. The minimum absolute atomic E-state index is 0.0216. The highest BCUT2D eigenvalue weighted by Gasteiger charge is 2.23. The molecule has 0 aliphatic rings. The number of nitrogens with zero attached hydrogens (tertiary/aromatic N) is 3. The number of methoxy groups -OCH3 is 1. The molecule has 6 nitrogen and oxygen atoms in total. The maximum absolute atomic E-state index is 13.1. The number of benzene rings is 1. The van der Waals surface area contributed by atoms with E-state index in [2.05, 4.69) is 0 Å². The summed E-state index contributed by atoms with van der Waals surface area (Å²) < 4.78 is 7.16. The van der Waals surface area contributed by atoms with Gasteiger partial charge >= 0.3 is 0 Å². The highest BCUT2D eigenvalue weighted by molar-refractivity contribution is 6.30. The van der Waals surface area contributed by atoms with Gasteiger partial charge in [0, 0.05) is 49.7 Å². The van der Waals surface area contributed by atoms with Gasteiger partial charge in [0.1, 0.15) is 6.54 Å². The van der Waals surface area contributed by atoms with E-state index in [-0.39, 0.29) is 24.3 Å². The number of aryl methyl sites for hydroxylation is 1. The van der Waals surface area contributed by atoms with Crippen molar-refractivity contribution < 1.29 is 14.3 Å². The standard InChI is InChI=1S/C22H30ClN3O3/c1-17(2)14-26(22(28)18-7-9-19(23)10-8-18)16-21(27)25(12-13-29-4)15-20-6-5-11-24(20)3/h5-11,17H,12-16H2,1-4H3. The van der Waals surface area contributed by atoms with E-state index in [0.29, 0.717) is 36.8 Å². The lowest BCUT2D eigenvalue weighted by Gasteiger charge is -2.29. The van der Waals surface area contributed by atoms with Crippen LogP contribution in [0.2, 0.25) is 5.02 Å². The maximum atomic E-state index is 13.1. The highest BCUT2D eigenvalue weighted by Crippen LogP contribution is 2.14. The Bertz CT molecular complexity index is 802. The third kappa shape index (κ3) is 6.91. The van der Waals surface area contributed by atoms with Gasteiger partial charge in [-0.05, 0) is 42.3 Å². The number of hydrogen-bond acceptors (Lipinski definition) is 3. The van der Waals surface area contributed by atoms with Crippen molar-refractivity contribution in [1.82, 2.24) is 14.4 Å². The first-order chi connectivity index (χ1) is 13.8. The topological polar surface area (TPSA) is 54.8 Å². The molecule has 2 amide bonds. The Hall–Kier alpha value is -2.31. The van der Waals surface area contributed by atoms with Gasteiger partial charge < -0.3 is 19.1 Å². The van der Waals surface area contributed by atoms with E-state index in [1.54, 1.807) is 41.2 Å². The molecule has 0 N–H and O–H groups in total. The molecule has 1 aromatic carbocycles. The highest BCUT2D eigenvalue weighted by atomic mass is 35.5. The zero-order chi connectivity index (χ0) is 21.4. The molecule has 0 aliphatic carbocycles. The Morgan fingerprint density at radius 1 is 1.14 bits per heavy atom. The third-order valence-electron chi connectivity index (χ3n) is 4.61. The van der Waals surface area contributed by atoms with Crippen molar-refractivity contribution in [2.75, 3.05) is 33.4 Å². The predicted octanol–water partition coefficient (Wildman–Crippen LogP) is 3.45. The number of amides is 2. The smallest absolute Gasteiger partial charge is 0.254 e. The quantitative estimate of drug-likeness (QED) is 0.592. The molecule has 0 spiro atoms. The Morgan fingerprint density at radius 2 is 1.83 bits per heavy atom. The van der Waals surface area contributed by atoms with Gasteiger partial charge in [-0.1, -0.05) is 25.4 Å². The summed E-state index contributed by atoms with van der Waals surface area (Å²) >= 11 is 5.94. The van der Waals surface area contributed by atoms with Gasteiger partial charge in [0.25, 0.3) is 5.91 Å². The lowest BCUT2D eigenvalue weighted by Crippen LogP contribution is -2.45. The molecule has 158 valence electrons. The summed E-state index contributed by atoms with van der Waals surface area (Å²) in [5.41, 5.74) is 1.54. The molecule has 29 heavy (non-hydrogen) atoms. The predicted molar refractivity (Wildman–Crippen MR) is 115 cm³/mol. The Kier molecular flexibility index (Phi) is 8.73. The monoisotopic (exact) mass is 419 g/mol. The summed E-state index contributed by atoms with van der Waals surface area (Å²) in [6.45, 7) is 5.94. The molecule has 0 fully saturated rings. The molecule has 0 bridgehead atoms. The molecule has 0 saturated carbocycles. The molecular formula is C22H30ClN3O3. The van der Waals surface area contributed by atoms with Gasteiger partial charge in [0.15, 0.2) is 0 Å². The van der Waals surface area contributed by atoms with Crippen molar-refractivity contribution in [3.05, 3.63) is 58.9 Å².